The zero-order valence-electron chi connectivity index (χ0n) is 9.76. The van der Waals surface area contributed by atoms with E-state index in [1.807, 2.05) is 27.7 Å². The van der Waals surface area contributed by atoms with Gasteiger partial charge in [-0.25, -0.2) is 8.42 Å². The standard InChI is InChI=1S/C11H17ClO2S/c1-7-6-11(5,15(12,13)14)10(4)9(3)8(7)2/h6,10H,1-5H3/t10-,11+/m1/s1. The lowest BCUT2D eigenvalue weighted by molar-refractivity contribution is 0.503. The molecule has 0 spiro atoms. The highest BCUT2D eigenvalue weighted by Gasteiger charge is 2.44. The normalized spacial score (nSPS) is 32.9. The molecule has 2 atom stereocenters. The van der Waals surface area contributed by atoms with Crippen LogP contribution in [0.5, 0.6) is 0 Å². The maximum Gasteiger partial charge on any atom is 0.242 e. The summed E-state index contributed by atoms with van der Waals surface area (Å²) in [5, 5.41) is 0. The summed E-state index contributed by atoms with van der Waals surface area (Å²) in [6.07, 6.45) is 1.77. The van der Waals surface area contributed by atoms with Crippen LogP contribution in [0.25, 0.3) is 0 Å². The third-order valence-corrected chi connectivity index (χ3v) is 6.24. The van der Waals surface area contributed by atoms with E-state index in [0.29, 0.717) is 0 Å². The van der Waals surface area contributed by atoms with Crippen molar-refractivity contribution in [2.75, 3.05) is 0 Å². The average molecular weight is 249 g/mol. The Morgan fingerprint density at radius 3 is 2.20 bits per heavy atom. The molecule has 1 rings (SSSR count). The summed E-state index contributed by atoms with van der Waals surface area (Å²) in [5.74, 6) is -0.0799. The fourth-order valence-electron chi connectivity index (χ4n) is 2.01. The third kappa shape index (κ3) is 1.87. The minimum absolute atomic E-state index is 0.0799. The summed E-state index contributed by atoms with van der Waals surface area (Å²) < 4.78 is 22.2. The quantitative estimate of drug-likeness (QED) is 0.668. The fourth-order valence-corrected chi connectivity index (χ4v) is 3.46. The van der Waals surface area contributed by atoms with E-state index in [1.54, 1.807) is 13.0 Å². The highest BCUT2D eigenvalue weighted by molar-refractivity contribution is 8.15. The lowest BCUT2D eigenvalue weighted by Gasteiger charge is -2.36. The summed E-state index contributed by atoms with van der Waals surface area (Å²) in [5.41, 5.74) is 3.26. The van der Waals surface area contributed by atoms with Crippen molar-refractivity contribution < 1.29 is 8.42 Å². The van der Waals surface area contributed by atoms with Crippen molar-refractivity contribution in [2.24, 2.45) is 5.92 Å². The van der Waals surface area contributed by atoms with Gasteiger partial charge in [-0.2, -0.15) is 0 Å². The van der Waals surface area contributed by atoms with Gasteiger partial charge in [0.05, 0.1) is 0 Å². The van der Waals surface area contributed by atoms with Gasteiger partial charge in [0.1, 0.15) is 4.75 Å². The van der Waals surface area contributed by atoms with E-state index in [2.05, 4.69) is 0 Å². The van der Waals surface area contributed by atoms with Crippen molar-refractivity contribution in [3.05, 3.63) is 22.8 Å². The first-order chi connectivity index (χ1) is 6.61. The molecule has 15 heavy (non-hydrogen) atoms. The number of allylic oxidation sites excluding steroid dienone is 3. The maximum absolute atomic E-state index is 11.6. The van der Waals surface area contributed by atoms with Crippen molar-refractivity contribution in [2.45, 2.75) is 39.4 Å². The Bertz CT molecular complexity index is 445. The fraction of sp³-hybridized carbons (Fsp3) is 0.636. The van der Waals surface area contributed by atoms with Gasteiger partial charge in [-0.3, -0.25) is 0 Å². The lowest BCUT2D eigenvalue weighted by atomic mass is 9.79. The van der Waals surface area contributed by atoms with Crippen molar-refractivity contribution >= 4 is 19.7 Å². The van der Waals surface area contributed by atoms with Gasteiger partial charge in [0.2, 0.25) is 9.05 Å². The molecule has 0 heterocycles. The molecular weight excluding hydrogens is 232 g/mol. The van der Waals surface area contributed by atoms with Crippen LogP contribution in [0.15, 0.2) is 22.8 Å². The summed E-state index contributed by atoms with van der Waals surface area (Å²) in [6, 6.07) is 0. The largest absolute Gasteiger partial charge is 0.242 e. The second kappa shape index (κ2) is 3.63. The average Bonchev–Trinajstić information content (AvgIpc) is 2.10. The van der Waals surface area contributed by atoms with Crippen LogP contribution < -0.4 is 0 Å². The number of rotatable bonds is 1. The third-order valence-electron chi connectivity index (χ3n) is 3.72. The maximum atomic E-state index is 11.6. The Kier molecular flexibility index (Phi) is 3.10. The zero-order chi connectivity index (χ0) is 12.0. The summed E-state index contributed by atoms with van der Waals surface area (Å²) in [6.45, 7) is 9.49. The monoisotopic (exact) mass is 248 g/mol. The van der Waals surface area contributed by atoms with Crippen molar-refractivity contribution in [1.82, 2.24) is 0 Å². The molecule has 86 valence electrons. The van der Waals surface area contributed by atoms with E-state index in [4.69, 9.17) is 10.7 Å². The topological polar surface area (TPSA) is 34.1 Å². The van der Waals surface area contributed by atoms with Crippen LogP contribution in [0.1, 0.15) is 34.6 Å². The van der Waals surface area contributed by atoms with Crippen LogP contribution in [-0.4, -0.2) is 13.2 Å². The van der Waals surface area contributed by atoms with Gasteiger partial charge in [0.25, 0.3) is 0 Å². The molecule has 0 unspecified atom stereocenters. The lowest BCUT2D eigenvalue weighted by Crippen LogP contribution is -2.40. The molecule has 1 aliphatic carbocycles. The molecule has 0 aromatic heterocycles. The minimum atomic E-state index is -3.60. The number of hydrogen-bond acceptors (Lipinski definition) is 2. The van der Waals surface area contributed by atoms with Gasteiger partial charge in [-0.15, -0.1) is 0 Å². The van der Waals surface area contributed by atoms with Gasteiger partial charge in [0, 0.05) is 16.6 Å². The Morgan fingerprint density at radius 2 is 1.80 bits per heavy atom. The molecule has 0 aromatic rings. The Balaban J connectivity index is 3.43. The first-order valence-corrected chi connectivity index (χ1v) is 7.23. The molecule has 0 aromatic carbocycles. The Labute approximate surface area is 96.4 Å². The highest BCUT2D eigenvalue weighted by Crippen LogP contribution is 2.42. The molecule has 2 nitrogen and oxygen atoms in total. The minimum Gasteiger partial charge on any atom is -0.211 e. The molecule has 0 aliphatic heterocycles. The molecule has 0 radical (unpaired) electrons. The van der Waals surface area contributed by atoms with Gasteiger partial charge in [-0.1, -0.05) is 24.1 Å². The van der Waals surface area contributed by atoms with Crippen molar-refractivity contribution in [3.8, 4) is 0 Å². The predicted octanol–water partition coefficient (Wildman–Crippen LogP) is 3.25. The van der Waals surface area contributed by atoms with Crippen LogP contribution in [0.2, 0.25) is 0 Å². The molecular formula is C11H17ClO2S. The zero-order valence-corrected chi connectivity index (χ0v) is 11.3. The van der Waals surface area contributed by atoms with Crippen LogP contribution >= 0.6 is 10.7 Å². The molecule has 4 heteroatoms. The molecule has 0 saturated carbocycles. The summed E-state index contributed by atoms with van der Waals surface area (Å²) >= 11 is 0. The van der Waals surface area contributed by atoms with E-state index in [9.17, 15) is 8.42 Å². The Morgan fingerprint density at radius 1 is 1.33 bits per heavy atom. The molecule has 1 aliphatic rings. The van der Waals surface area contributed by atoms with E-state index in [1.165, 1.54) is 5.57 Å². The van der Waals surface area contributed by atoms with Crippen LogP contribution in [-0.2, 0) is 9.05 Å². The van der Waals surface area contributed by atoms with Gasteiger partial charge in [0.15, 0.2) is 0 Å². The van der Waals surface area contributed by atoms with Gasteiger partial charge < -0.3 is 0 Å². The van der Waals surface area contributed by atoms with E-state index < -0.39 is 13.8 Å². The number of halogens is 1. The van der Waals surface area contributed by atoms with Gasteiger partial charge in [-0.05, 0) is 33.3 Å². The van der Waals surface area contributed by atoms with Crippen molar-refractivity contribution in [1.29, 1.82) is 0 Å². The second-order valence-corrected chi connectivity index (χ2v) is 7.45. The van der Waals surface area contributed by atoms with Crippen LogP contribution in [0, 0.1) is 5.92 Å². The summed E-state index contributed by atoms with van der Waals surface area (Å²) in [7, 11) is 1.93. The highest BCUT2D eigenvalue weighted by atomic mass is 35.7. The molecule has 0 N–H and O–H groups in total. The summed E-state index contributed by atoms with van der Waals surface area (Å²) in [4.78, 5) is 0. The predicted molar refractivity (Wildman–Crippen MR) is 64.5 cm³/mol. The number of hydrogen-bond donors (Lipinski definition) is 0. The molecule has 0 saturated heterocycles. The SMILES string of the molecule is CC1=C[C@](C)(S(=O)(=O)Cl)[C@H](C)C(C)=C1C. The van der Waals surface area contributed by atoms with Crippen LogP contribution in [0.4, 0.5) is 0 Å². The van der Waals surface area contributed by atoms with Gasteiger partial charge >= 0.3 is 0 Å². The van der Waals surface area contributed by atoms with Crippen LogP contribution in [0.3, 0.4) is 0 Å². The first kappa shape index (κ1) is 12.8. The molecule has 0 amide bonds. The smallest absolute Gasteiger partial charge is 0.211 e. The van der Waals surface area contributed by atoms with Crippen molar-refractivity contribution in [3.63, 3.8) is 0 Å². The second-order valence-electron chi connectivity index (χ2n) is 4.48. The van der Waals surface area contributed by atoms with E-state index >= 15 is 0 Å². The van der Waals surface area contributed by atoms with E-state index in [0.717, 1.165) is 11.1 Å². The molecule has 0 fully saturated rings. The first-order valence-electron chi connectivity index (χ1n) is 4.92. The molecule has 0 bridgehead atoms. The van der Waals surface area contributed by atoms with E-state index in [-0.39, 0.29) is 5.92 Å². The Hall–Kier alpha value is -0.280.